The first-order valence-corrected chi connectivity index (χ1v) is 9.42. The number of nitrogens with one attached hydrogen (secondary N) is 1. The second-order valence-electron chi connectivity index (χ2n) is 5.38. The van der Waals surface area contributed by atoms with Gasteiger partial charge in [0.2, 0.25) is 5.91 Å². The summed E-state index contributed by atoms with van der Waals surface area (Å²) in [5, 5.41) is 2.41. The van der Waals surface area contributed by atoms with Crippen molar-refractivity contribution in [1.82, 2.24) is 5.32 Å². The maximum absolute atomic E-state index is 13.1. The molecule has 28 heavy (non-hydrogen) atoms. The van der Waals surface area contributed by atoms with E-state index >= 15 is 0 Å². The number of benzene rings is 2. The van der Waals surface area contributed by atoms with E-state index in [-0.39, 0.29) is 37.2 Å². The molecule has 0 radical (unpaired) electrons. The zero-order valence-electron chi connectivity index (χ0n) is 14.0. The molecular formula is C18H13ClF2NO4PW. The molecule has 0 aliphatic rings. The standard InChI is InChI=1S/C18H13ClF2NO4P.W/c1-11(13-3-2-4-14(19)10-13)17(27(24,25)26)18(23)22-8-7-12-5-6-15(20)16(21)9-12;/h1-2,4-10,17H,(H,22,23)(H2,24,25,26);/q-2;+2/b8-7+;/i20-1;. The smallest absolute Gasteiger partial charge is 0.340 e. The van der Waals surface area contributed by atoms with E-state index in [0.717, 1.165) is 18.3 Å². The minimum absolute atomic E-state index is 0. The molecule has 0 aliphatic heterocycles. The van der Waals surface area contributed by atoms with E-state index < -0.39 is 36.4 Å². The summed E-state index contributed by atoms with van der Waals surface area (Å²) in [4.78, 5) is 31.3. The fraction of sp³-hybridized carbons (Fsp3) is 0.0556. The molecule has 0 saturated heterocycles. The van der Waals surface area contributed by atoms with Gasteiger partial charge in [0.05, 0.1) is 5.66 Å². The molecule has 0 heterocycles. The van der Waals surface area contributed by atoms with Crippen LogP contribution < -0.4 is 5.32 Å². The molecule has 2 rings (SSSR count). The summed E-state index contributed by atoms with van der Waals surface area (Å²) in [6.45, 7) is 5.77. The van der Waals surface area contributed by atoms with Crippen LogP contribution in [0.2, 0.25) is 5.02 Å². The van der Waals surface area contributed by atoms with Crippen molar-refractivity contribution in [1.29, 1.82) is 0 Å². The third kappa shape index (κ3) is 6.47. The van der Waals surface area contributed by atoms with Crippen molar-refractivity contribution in [2.75, 3.05) is 0 Å². The predicted octanol–water partition coefficient (Wildman–Crippen LogP) is 3.57. The number of carbonyl (C=O) groups is 1. The molecule has 2 aromatic carbocycles. The van der Waals surface area contributed by atoms with Gasteiger partial charge < -0.3 is 21.7 Å². The Labute approximate surface area is 179 Å². The van der Waals surface area contributed by atoms with Crippen molar-refractivity contribution < 1.29 is 49.0 Å². The van der Waals surface area contributed by atoms with E-state index in [1.54, 1.807) is 0 Å². The molecule has 0 saturated carbocycles. The Kier molecular flexibility index (Phi) is 8.93. The van der Waals surface area contributed by atoms with Gasteiger partial charge in [-0.1, -0.05) is 11.1 Å². The van der Waals surface area contributed by atoms with E-state index in [1.165, 1.54) is 30.3 Å². The molecule has 0 fully saturated rings. The van der Waals surface area contributed by atoms with Gasteiger partial charge >= 0.3 is 28.7 Å². The fourth-order valence-corrected chi connectivity index (χ4v) is 3.20. The summed E-state index contributed by atoms with van der Waals surface area (Å²) >= 11 is 5.81. The third-order valence-corrected chi connectivity index (χ3v) is 4.82. The molecule has 1 atom stereocenters. The van der Waals surface area contributed by atoms with Crippen molar-refractivity contribution in [2.45, 2.75) is 5.66 Å². The van der Waals surface area contributed by atoms with Gasteiger partial charge in [-0.05, 0) is 23.8 Å². The molecule has 2 aromatic rings. The maximum Gasteiger partial charge on any atom is 2.00 e. The number of amides is 1. The van der Waals surface area contributed by atoms with E-state index in [2.05, 4.69) is 11.4 Å². The quantitative estimate of drug-likeness (QED) is 0.353. The Morgan fingerprint density at radius 3 is 2.50 bits per heavy atom. The minimum atomic E-state index is -4.98. The Morgan fingerprint density at radius 1 is 1.25 bits per heavy atom. The van der Waals surface area contributed by atoms with Gasteiger partial charge in [0.15, 0.2) is 11.6 Å². The zero-order chi connectivity index (χ0) is 20.2. The van der Waals surface area contributed by atoms with Gasteiger partial charge in [-0.15, -0.1) is 17.7 Å². The summed E-state index contributed by atoms with van der Waals surface area (Å²) in [7, 11) is -4.98. The van der Waals surface area contributed by atoms with Crippen LogP contribution in [0.3, 0.4) is 0 Å². The van der Waals surface area contributed by atoms with Gasteiger partial charge in [-0.3, -0.25) is 20.5 Å². The van der Waals surface area contributed by atoms with Crippen LogP contribution in [0, 0.1) is 24.3 Å². The third-order valence-electron chi connectivity index (χ3n) is 3.40. The van der Waals surface area contributed by atoms with Crippen LogP contribution in [0.15, 0.2) is 42.6 Å². The van der Waals surface area contributed by atoms with Gasteiger partial charge in [-0.2, -0.15) is 6.07 Å². The van der Waals surface area contributed by atoms with E-state index in [4.69, 9.17) is 18.2 Å². The largest absolute Gasteiger partial charge is 2.00 e. The Bertz CT molecular complexity index is 964. The van der Waals surface area contributed by atoms with E-state index in [0.29, 0.717) is 0 Å². The average Bonchev–Trinajstić information content (AvgIpc) is 2.57. The van der Waals surface area contributed by atoms with Crippen LogP contribution in [-0.4, -0.2) is 21.4 Å². The second-order valence-corrected chi connectivity index (χ2v) is 7.51. The van der Waals surface area contributed by atoms with Crippen LogP contribution in [0.1, 0.15) is 11.1 Å². The fourth-order valence-electron chi connectivity index (χ4n) is 2.14. The van der Waals surface area contributed by atoms with Crippen molar-refractivity contribution in [3.8, 4) is 0 Å². The number of halogens is 3. The topological polar surface area (TPSA) is 86.6 Å². The maximum atomic E-state index is 13.1. The van der Waals surface area contributed by atoms with Crippen LogP contribution in [0.4, 0.5) is 8.78 Å². The van der Waals surface area contributed by atoms with Gasteiger partial charge in [0, 0.05) is 6.20 Å². The number of rotatable bonds is 6. The SMILES string of the molecule is [CH-]=C(c1[c-]ccc(Cl)c1)C(C(=O)N/C=C/c1ccc([18F])c(F)c1)P(=O)(O)O.[W+2]. The van der Waals surface area contributed by atoms with E-state index in [9.17, 15) is 27.9 Å². The summed E-state index contributed by atoms with van der Waals surface area (Å²) in [6.07, 6.45) is 2.26. The molecular weight excluding hydrogens is 581 g/mol. The molecule has 1 amide bonds. The van der Waals surface area contributed by atoms with Gasteiger partial charge in [0.1, 0.15) is 0 Å². The van der Waals surface area contributed by atoms with Crippen molar-refractivity contribution in [3.05, 3.63) is 83.0 Å². The first-order chi connectivity index (χ1) is 12.6. The Balaban J connectivity index is 0.00000392. The predicted molar refractivity (Wildman–Crippen MR) is 97.4 cm³/mol. The van der Waals surface area contributed by atoms with Crippen LogP contribution >= 0.6 is 19.2 Å². The Morgan fingerprint density at radius 2 is 1.93 bits per heavy atom. The minimum Gasteiger partial charge on any atom is -0.340 e. The van der Waals surface area contributed by atoms with Crippen molar-refractivity contribution >= 4 is 36.8 Å². The first kappa shape index (κ1) is 24.4. The molecule has 0 aliphatic carbocycles. The summed E-state index contributed by atoms with van der Waals surface area (Å²) in [6, 6.07) is 9.87. The monoisotopic (exact) mass is 594 g/mol. The van der Waals surface area contributed by atoms with Crippen molar-refractivity contribution in [2.24, 2.45) is 0 Å². The molecule has 146 valence electrons. The summed E-state index contributed by atoms with van der Waals surface area (Å²) in [5.41, 5.74) is -2.11. The number of hydrogen-bond donors (Lipinski definition) is 3. The van der Waals surface area contributed by atoms with Crippen molar-refractivity contribution in [3.63, 3.8) is 0 Å². The number of carbonyl (C=O) groups excluding carboxylic acids is 1. The second kappa shape index (κ2) is 10.2. The molecule has 10 heteroatoms. The zero-order valence-corrected chi connectivity index (χ0v) is 18.6. The molecule has 0 bridgehead atoms. The van der Waals surface area contributed by atoms with Gasteiger partial charge in [0.25, 0.3) is 0 Å². The molecule has 5 nitrogen and oxygen atoms in total. The Hall–Kier alpha value is -1.62. The summed E-state index contributed by atoms with van der Waals surface area (Å²) < 4.78 is 37.8. The van der Waals surface area contributed by atoms with Crippen LogP contribution in [0.5, 0.6) is 0 Å². The van der Waals surface area contributed by atoms with Crippen LogP contribution in [0.25, 0.3) is 11.6 Å². The average molecular weight is 595 g/mol. The van der Waals surface area contributed by atoms with E-state index in [1.807, 2.05) is 0 Å². The van der Waals surface area contributed by atoms with Gasteiger partial charge in [-0.25, -0.2) is 20.9 Å². The van der Waals surface area contributed by atoms with Crippen LogP contribution in [-0.2, 0) is 30.4 Å². The number of hydrogen-bond acceptors (Lipinski definition) is 2. The molecule has 0 spiro atoms. The molecule has 0 aromatic heterocycles. The molecule has 1 unspecified atom stereocenters. The first-order valence-electron chi connectivity index (χ1n) is 7.36. The summed E-state index contributed by atoms with van der Waals surface area (Å²) in [5.74, 6) is -3.20. The normalized spacial score (nSPS) is 12.3. The molecule has 3 N–H and O–H groups in total.